The Hall–Kier alpha value is -0.300. The molecule has 1 unspecified atom stereocenters. The highest BCUT2D eigenvalue weighted by molar-refractivity contribution is 5.36. The van der Waals surface area contributed by atoms with Crippen molar-refractivity contribution in [1.29, 1.82) is 0 Å². The van der Waals surface area contributed by atoms with Gasteiger partial charge in [-0.05, 0) is 19.4 Å². The molecule has 1 heterocycles. The normalized spacial score (nSPS) is 36.6. The van der Waals surface area contributed by atoms with E-state index in [-0.39, 0.29) is 0 Å². The lowest BCUT2D eigenvalue weighted by atomic mass is 10.2. The average molecular weight is 95.1 g/mol. The van der Waals surface area contributed by atoms with Crippen LogP contribution in [0.4, 0.5) is 0 Å². The number of hydrogen-bond donors (Lipinski definition) is 1. The van der Waals surface area contributed by atoms with Crippen molar-refractivity contribution in [2.75, 3.05) is 6.54 Å². The molecule has 38 valence electrons. The highest BCUT2D eigenvalue weighted by atomic mass is 14.9. The van der Waals surface area contributed by atoms with Crippen LogP contribution in [0.5, 0.6) is 0 Å². The maximum absolute atomic E-state index is 3.36. The van der Waals surface area contributed by atoms with Gasteiger partial charge in [-0.1, -0.05) is 11.6 Å². The van der Waals surface area contributed by atoms with E-state index >= 15 is 0 Å². The van der Waals surface area contributed by atoms with Crippen molar-refractivity contribution in [3.05, 3.63) is 11.6 Å². The van der Waals surface area contributed by atoms with E-state index in [1.54, 1.807) is 5.57 Å². The van der Waals surface area contributed by atoms with Crippen LogP contribution in [0.3, 0.4) is 0 Å². The Kier molecular flexibility index (Phi) is 0.577. The highest BCUT2D eigenvalue weighted by Gasteiger charge is 2.25. The maximum Gasteiger partial charge on any atom is 0.0469 e. The quantitative estimate of drug-likeness (QED) is 0.436. The van der Waals surface area contributed by atoms with Gasteiger partial charge in [-0.3, -0.25) is 0 Å². The van der Waals surface area contributed by atoms with Gasteiger partial charge in [0.2, 0.25) is 0 Å². The Bertz CT molecular complexity index is 115. The minimum Gasteiger partial charge on any atom is -0.307 e. The van der Waals surface area contributed by atoms with Crippen molar-refractivity contribution in [1.82, 2.24) is 5.32 Å². The standard InChI is InChI=1S/C6H9N/c1-2-5-4-6(5)7-3-1/h4,6-7H,1-3H2. The lowest BCUT2D eigenvalue weighted by molar-refractivity contribution is 0.605. The molecule has 0 saturated carbocycles. The number of piperidine rings is 1. The van der Waals surface area contributed by atoms with E-state index in [1.165, 1.54) is 19.4 Å². The van der Waals surface area contributed by atoms with Crippen molar-refractivity contribution in [3.63, 3.8) is 0 Å². The van der Waals surface area contributed by atoms with Gasteiger partial charge in [-0.25, -0.2) is 0 Å². The first kappa shape index (κ1) is 3.67. The topological polar surface area (TPSA) is 12.0 Å². The van der Waals surface area contributed by atoms with Crippen molar-refractivity contribution in [3.8, 4) is 0 Å². The van der Waals surface area contributed by atoms with Crippen molar-refractivity contribution >= 4 is 0 Å². The molecule has 0 aromatic rings. The van der Waals surface area contributed by atoms with E-state index in [0.717, 1.165) is 6.04 Å². The zero-order chi connectivity index (χ0) is 4.69. The van der Waals surface area contributed by atoms with E-state index in [2.05, 4.69) is 11.4 Å². The summed E-state index contributed by atoms with van der Waals surface area (Å²) in [4.78, 5) is 0. The van der Waals surface area contributed by atoms with Gasteiger partial charge in [0, 0.05) is 6.04 Å². The summed E-state index contributed by atoms with van der Waals surface area (Å²) >= 11 is 0. The van der Waals surface area contributed by atoms with Crippen LogP contribution < -0.4 is 5.32 Å². The number of nitrogens with one attached hydrogen (secondary N) is 1. The van der Waals surface area contributed by atoms with Gasteiger partial charge in [-0.15, -0.1) is 0 Å². The van der Waals surface area contributed by atoms with E-state index in [0.29, 0.717) is 0 Å². The lowest BCUT2D eigenvalue weighted by Gasteiger charge is -2.08. The van der Waals surface area contributed by atoms with Crippen LogP contribution in [0.15, 0.2) is 11.6 Å². The van der Waals surface area contributed by atoms with Gasteiger partial charge < -0.3 is 5.32 Å². The Morgan fingerprint density at radius 2 is 2.71 bits per heavy atom. The fraction of sp³-hybridized carbons (Fsp3) is 0.667. The zero-order valence-corrected chi connectivity index (χ0v) is 4.28. The minimum absolute atomic E-state index is 0.744. The summed E-state index contributed by atoms with van der Waals surface area (Å²) < 4.78 is 0. The van der Waals surface area contributed by atoms with Gasteiger partial charge >= 0.3 is 0 Å². The molecule has 1 heteroatoms. The SMILES string of the molecule is C1=C2CCCNC12. The Labute approximate surface area is 43.4 Å². The monoisotopic (exact) mass is 95.1 g/mol. The summed E-state index contributed by atoms with van der Waals surface area (Å²) in [5.41, 5.74) is 1.64. The first-order valence-electron chi connectivity index (χ1n) is 2.91. The van der Waals surface area contributed by atoms with Crippen LogP contribution in [0.25, 0.3) is 0 Å². The number of fused-ring (bicyclic) bond motifs is 1. The summed E-state index contributed by atoms with van der Waals surface area (Å²) in [5, 5.41) is 3.36. The minimum atomic E-state index is 0.744. The van der Waals surface area contributed by atoms with Crippen LogP contribution in [-0.4, -0.2) is 12.6 Å². The smallest absolute Gasteiger partial charge is 0.0469 e. The molecule has 0 radical (unpaired) electrons. The molecule has 2 rings (SSSR count). The van der Waals surface area contributed by atoms with E-state index in [9.17, 15) is 0 Å². The molecule has 0 aromatic heterocycles. The van der Waals surface area contributed by atoms with Gasteiger partial charge in [0.1, 0.15) is 0 Å². The molecule has 1 aliphatic carbocycles. The van der Waals surface area contributed by atoms with Crippen LogP contribution in [-0.2, 0) is 0 Å². The number of hydrogen-bond acceptors (Lipinski definition) is 1. The Morgan fingerprint density at radius 3 is 3.29 bits per heavy atom. The molecule has 0 spiro atoms. The van der Waals surface area contributed by atoms with Gasteiger partial charge in [-0.2, -0.15) is 0 Å². The first-order chi connectivity index (χ1) is 3.47. The van der Waals surface area contributed by atoms with Crippen LogP contribution >= 0.6 is 0 Å². The van der Waals surface area contributed by atoms with E-state index < -0.39 is 0 Å². The molecule has 2 aliphatic rings. The second kappa shape index (κ2) is 1.10. The summed E-state index contributed by atoms with van der Waals surface area (Å²) in [6.45, 7) is 1.23. The fourth-order valence-electron chi connectivity index (χ4n) is 1.14. The van der Waals surface area contributed by atoms with Crippen LogP contribution in [0.1, 0.15) is 12.8 Å². The van der Waals surface area contributed by atoms with Gasteiger partial charge in [0.25, 0.3) is 0 Å². The van der Waals surface area contributed by atoms with E-state index in [4.69, 9.17) is 0 Å². The van der Waals surface area contributed by atoms with Crippen molar-refractivity contribution in [2.45, 2.75) is 18.9 Å². The predicted octanol–water partition coefficient (Wildman–Crippen LogP) is 0.678. The van der Waals surface area contributed by atoms with Crippen molar-refractivity contribution < 1.29 is 0 Å². The third kappa shape index (κ3) is 0.484. The van der Waals surface area contributed by atoms with Crippen molar-refractivity contribution in [2.24, 2.45) is 0 Å². The molecule has 1 fully saturated rings. The van der Waals surface area contributed by atoms with Crippen LogP contribution in [0.2, 0.25) is 0 Å². The molecular formula is C6H9N. The third-order valence-corrected chi connectivity index (χ3v) is 1.68. The zero-order valence-electron chi connectivity index (χ0n) is 4.28. The molecule has 0 amide bonds. The van der Waals surface area contributed by atoms with Gasteiger partial charge in [0.15, 0.2) is 0 Å². The molecule has 1 aliphatic heterocycles. The molecule has 0 bridgehead atoms. The molecule has 1 atom stereocenters. The lowest BCUT2D eigenvalue weighted by Crippen LogP contribution is -2.24. The second-order valence-electron chi connectivity index (χ2n) is 2.28. The highest BCUT2D eigenvalue weighted by Crippen LogP contribution is 2.27. The molecule has 1 nitrogen and oxygen atoms in total. The largest absolute Gasteiger partial charge is 0.307 e. The van der Waals surface area contributed by atoms with Crippen LogP contribution in [0, 0.1) is 0 Å². The second-order valence-corrected chi connectivity index (χ2v) is 2.28. The van der Waals surface area contributed by atoms with Gasteiger partial charge in [0.05, 0.1) is 0 Å². The predicted molar refractivity (Wildman–Crippen MR) is 29.1 cm³/mol. The summed E-state index contributed by atoms with van der Waals surface area (Å²) in [6.07, 6.45) is 5.02. The summed E-state index contributed by atoms with van der Waals surface area (Å²) in [7, 11) is 0. The maximum atomic E-state index is 3.36. The molecule has 0 aromatic carbocycles. The average Bonchev–Trinajstić information content (AvgIpc) is 2.41. The Morgan fingerprint density at radius 1 is 1.71 bits per heavy atom. The molecular weight excluding hydrogens is 86.1 g/mol. The Balaban J connectivity index is 2.02. The summed E-state index contributed by atoms with van der Waals surface area (Å²) in [5.74, 6) is 0. The molecule has 1 saturated heterocycles. The van der Waals surface area contributed by atoms with E-state index in [1.807, 2.05) is 0 Å². The third-order valence-electron chi connectivity index (χ3n) is 1.68. The molecule has 7 heavy (non-hydrogen) atoms. The number of rotatable bonds is 0. The fourth-order valence-corrected chi connectivity index (χ4v) is 1.14. The molecule has 1 N–H and O–H groups in total. The summed E-state index contributed by atoms with van der Waals surface area (Å²) in [6, 6.07) is 0.744. The first-order valence-corrected chi connectivity index (χ1v) is 2.91.